The predicted molar refractivity (Wildman–Crippen MR) is 154 cm³/mol. The van der Waals surface area contributed by atoms with E-state index in [1.807, 2.05) is 30.5 Å². The summed E-state index contributed by atoms with van der Waals surface area (Å²) in [7, 11) is 0. The number of benzene rings is 3. The van der Waals surface area contributed by atoms with Gasteiger partial charge in [0, 0.05) is 34.8 Å². The molecule has 1 aliphatic rings. The van der Waals surface area contributed by atoms with Gasteiger partial charge in [-0.1, -0.05) is 51.1 Å². The van der Waals surface area contributed by atoms with E-state index in [1.165, 1.54) is 11.3 Å². The monoisotopic (exact) mass is 500 g/mol. The fourth-order valence-electron chi connectivity index (χ4n) is 4.99. The molecule has 1 aliphatic heterocycles. The first kappa shape index (κ1) is 24.0. The second kappa shape index (κ2) is 9.18. The highest BCUT2D eigenvalue weighted by Gasteiger charge is 2.26. The molecule has 0 spiro atoms. The number of anilines is 2. The molecule has 0 atom stereocenters. The van der Waals surface area contributed by atoms with Crippen LogP contribution in [0.1, 0.15) is 37.7 Å². The Bertz CT molecular complexity index is 1640. The molecule has 2 aromatic heterocycles. The van der Waals surface area contributed by atoms with E-state index in [0.717, 1.165) is 51.2 Å². The minimum Gasteiger partial charge on any atom is -0.457 e. The van der Waals surface area contributed by atoms with Crippen LogP contribution in [-0.4, -0.2) is 14.5 Å². The Balaban J connectivity index is 1.31. The van der Waals surface area contributed by atoms with Gasteiger partial charge in [0.15, 0.2) is 0 Å². The van der Waals surface area contributed by atoms with Gasteiger partial charge in [-0.15, -0.1) is 0 Å². The third-order valence-electron chi connectivity index (χ3n) is 7.30. The number of pyridine rings is 1. The number of hydrogen-bond acceptors (Lipinski definition) is 4. The first-order valence-corrected chi connectivity index (χ1v) is 13.0. The molecule has 38 heavy (non-hydrogen) atoms. The number of nitrogens with zero attached hydrogens (tertiary/aromatic N) is 4. The lowest BCUT2D eigenvalue weighted by Gasteiger charge is -2.33. The van der Waals surface area contributed by atoms with Gasteiger partial charge in [-0.05, 0) is 73.4 Å². The van der Waals surface area contributed by atoms with Crippen LogP contribution in [0.25, 0.3) is 22.6 Å². The Morgan fingerprint density at radius 3 is 2.39 bits per heavy atom. The second-order valence-corrected chi connectivity index (χ2v) is 10.9. The highest BCUT2D eigenvalue weighted by molar-refractivity contribution is 5.82. The molecular weight excluding hydrogens is 468 g/mol. The molecule has 0 bridgehead atoms. The van der Waals surface area contributed by atoms with Gasteiger partial charge in [-0.25, -0.2) is 4.98 Å². The van der Waals surface area contributed by atoms with Crippen molar-refractivity contribution in [3.05, 3.63) is 108 Å². The SMILES string of the molecule is Cc1nc2n(c1C)CN(c1cccc(Oc3cccc(-c4cc(C(C)(C)C)ccn4)c3)c1)c1ccccc1-2. The topological polar surface area (TPSA) is 43.2 Å². The fourth-order valence-corrected chi connectivity index (χ4v) is 4.99. The fraction of sp³-hybridized carbons (Fsp3) is 0.212. The zero-order chi connectivity index (χ0) is 26.4. The van der Waals surface area contributed by atoms with E-state index in [4.69, 9.17) is 9.72 Å². The van der Waals surface area contributed by atoms with Gasteiger partial charge in [0.25, 0.3) is 0 Å². The number of hydrogen-bond donors (Lipinski definition) is 0. The average Bonchev–Trinajstić information content (AvgIpc) is 3.21. The van der Waals surface area contributed by atoms with Crippen LogP contribution in [0.15, 0.2) is 91.1 Å². The first-order valence-electron chi connectivity index (χ1n) is 13.0. The molecule has 0 saturated heterocycles. The quantitative estimate of drug-likeness (QED) is 0.248. The number of aromatic nitrogens is 3. The van der Waals surface area contributed by atoms with Crippen molar-refractivity contribution in [1.82, 2.24) is 14.5 Å². The predicted octanol–water partition coefficient (Wildman–Crippen LogP) is 8.43. The molecule has 5 aromatic rings. The van der Waals surface area contributed by atoms with Crippen LogP contribution in [0.5, 0.6) is 11.5 Å². The van der Waals surface area contributed by atoms with Crippen LogP contribution in [0.3, 0.4) is 0 Å². The zero-order valence-electron chi connectivity index (χ0n) is 22.6. The van der Waals surface area contributed by atoms with Crippen LogP contribution < -0.4 is 9.64 Å². The average molecular weight is 501 g/mol. The number of rotatable bonds is 4. The molecule has 5 nitrogen and oxygen atoms in total. The summed E-state index contributed by atoms with van der Waals surface area (Å²) in [5.41, 5.74) is 8.92. The molecule has 3 aromatic carbocycles. The number of fused-ring (bicyclic) bond motifs is 3. The summed E-state index contributed by atoms with van der Waals surface area (Å²) in [5.74, 6) is 2.60. The van der Waals surface area contributed by atoms with Gasteiger partial charge in [-0.2, -0.15) is 0 Å². The van der Waals surface area contributed by atoms with Crippen molar-refractivity contribution in [1.29, 1.82) is 0 Å². The zero-order valence-corrected chi connectivity index (χ0v) is 22.6. The van der Waals surface area contributed by atoms with Gasteiger partial charge in [0.1, 0.15) is 24.0 Å². The normalized spacial score (nSPS) is 12.7. The van der Waals surface area contributed by atoms with Crippen molar-refractivity contribution in [2.75, 3.05) is 4.90 Å². The van der Waals surface area contributed by atoms with Gasteiger partial charge >= 0.3 is 0 Å². The van der Waals surface area contributed by atoms with Crippen LogP contribution in [0.4, 0.5) is 11.4 Å². The molecule has 3 heterocycles. The number of aryl methyl sites for hydroxylation is 1. The summed E-state index contributed by atoms with van der Waals surface area (Å²) in [6.07, 6.45) is 1.89. The van der Waals surface area contributed by atoms with Crippen LogP contribution >= 0.6 is 0 Å². The van der Waals surface area contributed by atoms with E-state index in [-0.39, 0.29) is 5.41 Å². The maximum Gasteiger partial charge on any atom is 0.144 e. The van der Waals surface area contributed by atoms with E-state index < -0.39 is 0 Å². The molecule has 0 aliphatic carbocycles. The number of para-hydroxylation sites is 1. The lowest BCUT2D eigenvalue weighted by atomic mass is 9.87. The van der Waals surface area contributed by atoms with Crippen molar-refractivity contribution >= 4 is 11.4 Å². The summed E-state index contributed by atoms with van der Waals surface area (Å²) >= 11 is 0. The molecule has 190 valence electrons. The Morgan fingerprint density at radius 2 is 1.58 bits per heavy atom. The van der Waals surface area contributed by atoms with Gasteiger partial charge in [-0.3, -0.25) is 4.98 Å². The molecule has 0 radical (unpaired) electrons. The molecule has 0 fully saturated rings. The van der Waals surface area contributed by atoms with Crippen molar-refractivity contribution in [3.8, 4) is 34.1 Å². The third-order valence-corrected chi connectivity index (χ3v) is 7.30. The number of ether oxygens (including phenoxy) is 1. The van der Waals surface area contributed by atoms with Crippen LogP contribution in [-0.2, 0) is 12.1 Å². The smallest absolute Gasteiger partial charge is 0.144 e. The van der Waals surface area contributed by atoms with Gasteiger partial charge in [0.05, 0.1) is 17.1 Å². The van der Waals surface area contributed by atoms with Crippen molar-refractivity contribution in [2.24, 2.45) is 0 Å². The van der Waals surface area contributed by atoms with Crippen LogP contribution in [0.2, 0.25) is 0 Å². The molecular formula is C33H32N4O. The van der Waals surface area contributed by atoms with Crippen molar-refractivity contribution in [2.45, 2.75) is 46.7 Å². The molecule has 6 rings (SSSR count). The van der Waals surface area contributed by atoms with Crippen LogP contribution in [0, 0.1) is 13.8 Å². The van der Waals surface area contributed by atoms with Crippen molar-refractivity contribution in [3.63, 3.8) is 0 Å². The van der Waals surface area contributed by atoms with Crippen molar-refractivity contribution < 1.29 is 4.74 Å². The first-order chi connectivity index (χ1) is 18.3. The van der Waals surface area contributed by atoms with E-state index in [0.29, 0.717) is 6.67 Å². The molecule has 0 saturated carbocycles. The Morgan fingerprint density at radius 1 is 0.816 bits per heavy atom. The lowest BCUT2D eigenvalue weighted by molar-refractivity contribution is 0.482. The molecule has 0 unspecified atom stereocenters. The maximum absolute atomic E-state index is 6.38. The largest absolute Gasteiger partial charge is 0.457 e. The van der Waals surface area contributed by atoms with Gasteiger partial charge in [0.2, 0.25) is 0 Å². The molecule has 5 heteroatoms. The summed E-state index contributed by atoms with van der Waals surface area (Å²) in [6.45, 7) is 11.6. The van der Waals surface area contributed by atoms with E-state index in [1.54, 1.807) is 0 Å². The molecule has 0 N–H and O–H groups in total. The minimum absolute atomic E-state index is 0.0635. The highest BCUT2D eigenvalue weighted by atomic mass is 16.5. The lowest BCUT2D eigenvalue weighted by Crippen LogP contribution is -2.26. The Labute approximate surface area is 224 Å². The minimum atomic E-state index is 0.0635. The summed E-state index contributed by atoms with van der Waals surface area (Å²) < 4.78 is 8.67. The Kier molecular flexibility index (Phi) is 5.79. The van der Waals surface area contributed by atoms with Gasteiger partial charge < -0.3 is 14.2 Å². The number of imidazole rings is 1. The van der Waals surface area contributed by atoms with E-state index >= 15 is 0 Å². The van der Waals surface area contributed by atoms with E-state index in [9.17, 15) is 0 Å². The second-order valence-electron chi connectivity index (χ2n) is 10.9. The molecule has 0 amide bonds. The third kappa shape index (κ3) is 4.34. The Hall–Kier alpha value is -4.38. The summed E-state index contributed by atoms with van der Waals surface area (Å²) in [4.78, 5) is 11.8. The summed E-state index contributed by atoms with van der Waals surface area (Å²) in [5, 5.41) is 0. The van der Waals surface area contributed by atoms with E-state index in [2.05, 4.69) is 110 Å². The maximum atomic E-state index is 6.38. The standard InChI is InChI=1S/C33H32N4O/c1-22-23(2)36-21-37(31-15-7-6-14-29(31)32(36)35-22)26-11-9-13-28(20-26)38-27-12-8-10-24(18-27)30-19-25(16-17-34-30)33(3,4)5/h6-20H,21H2,1-5H3. The highest BCUT2D eigenvalue weighted by Crippen LogP contribution is 2.41. The summed E-state index contributed by atoms with van der Waals surface area (Å²) in [6, 6.07) is 29.2.